The lowest BCUT2D eigenvalue weighted by molar-refractivity contribution is 0.0997. The van der Waals surface area contributed by atoms with Crippen LogP contribution in [0.15, 0.2) is 75.6 Å². The van der Waals surface area contributed by atoms with Crippen LogP contribution in [-0.4, -0.2) is 10.9 Å². The molecule has 1 amide bonds. The molecule has 0 saturated heterocycles. The Kier molecular flexibility index (Phi) is 6.09. The summed E-state index contributed by atoms with van der Waals surface area (Å²) in [5.41, 5.74) is 4.32. The van der Waals surface area contributed by atoms with Crippen LogP contribution in [0.2, 0.25) is 15.1 Å². The van der Waals surface area contributed by atoms with Crippen LogP contribution in [0.3, 0.4) is 0 Å². The first-order valence-corrected chi connectivity index (χ1v) is 11.6. The highest BCUT2D eigenvalue weighted by molar-refractivity contribution is 6.43. The van der Waals surface area contributed by atoms with Crippen molar-refractivity contribution < 1.29 is 13.6 Å². The quantitative estimate of drug-likeness (QED) is 0.257. The molecule has 5 rings (SSSR count). The van der Waals surface area contributed by atoms with Crippen LogP contribution in [0.4, 0.5) is 5.69 Å². The van der Waals surface area contributed by atoms with Gasteiger partial charge in [0.1, 0.15) is 11.3 Å². The summed E-state index contributed by atoms with van der Waals surface area (Å²) in [7, 11) is 0. The second-order valence-corrected chi connectivity index (χ2v) is 8.78. The van der Waals surface area contributed by atoms with E-state index < -0.39 is 5.91 Å². The third-order valence-electron chi connectivity index (χ3n) is 5.37. The van der Waals surface area contributed by atoms with Crippen LogP contribution in [0.5, 0.6) is 0 Å². The van der Waals surface area contributed by atoms with Crippen molar-refractivity contribution in [3.63, 3.8) is 0 Å². The molecule has 0 aliphatic carbocycles. The molecule has 34 heavy (non-hydrogen) atoms. The molecule has 5 nitrogen and oxygen atoms in total. The minimum atomic E-state index is -0.464. The molecule has 5 aromatic rings. The maximum Gasteiger partial charge on any atom is 0.291 e. The third kappa shape index (κ3) is 4.30. The molecule has 0 fully saturated rings. The summed E-state index contributed by atoms with van der Waals surface area (Å²) in [6.45, 7) is 2.09. The van der Waals surface area contributed by atoms with E-state index in [1.54, 1.807) is 48.5 Å². The molecule has 1 N–H and O–H groups in total. The Hall–Kier alpha value is -3.25. The molecule has 2 heterocycles. The van der Waals surface area contributed by atoms with E-state index in [0.717, 1.165) is 11.9 Å². The molecular formula is C26H17Cl3N2O3. The maximum atomic E-state index is 12.9. The van der Waals surface area contributed by atoms with Gasteiger partial charge in [-0.15, -0.1) is 0 Å². The van der Waals surface area contributed by atoms with Gasteiger partial charge in [-0.25, -0.2) is 4.98 Å². The molecule has 0 spiro atoms. The summed E-state index contributed by atoms with van der Waals surface area (Å²) >= 11 is 18.7. The van der Waals surface area contributed by atoms with E-state index in [0.29, 0.717) is 49.1 Å². The zero-order valence-electron chi connectivity index (χ0n) is 17.9. The highest BCUT2D eigenvalue weighted by atomic mass is 35.5. The van der Waals surface area contributed by atoms with Gasteiger partial charge in [-0.1, -0.05) is 53.9 Å². The average molecular weight is 512 g/mol. The number of carbonyl (C=O) groups is 1. The third-order valence-corrected chi connectivity index (χ3v) is 6.52. The first kappa shape index (κ1) is 22.5. The number of carbonyl (C=O) groups excluding carboxylic acids is 1. The highest BCUT2D eigenvalue weighted by Crippen LogP contribution is 2.35. The van der Waals surface area contributed by atoms with Crippen molar-refractivity contribution in [1.82, 2.24) is 4.98 Å². The number of oxazole rings is 1. The number of nitrogens with one attached hydrogen (secondary N) is 1. The second-order valence-electron chi connectivity index (χ2n) is 7.59. The molecule has 0 aliphatic rings. The van der Waals surface area contributed by atoms with E-state index in [2.05, 4.69) is 17.2 Å². The lowest BCUT2D eigenvalue weighted by Gasteiger charge is -2.07. The van der Waals surface area contributed by atoms with Gasteiger partial charge in [0, 0.05) is 11.1 Å². The normalized spacial score (nSPS) is 11.2. The highest BCUT2D eigenvalue weighted by Gasteiger charge is 2.17. The fourth-order valence-corrected chi connectivity index (χ4v) is 4.11. The fourth-order valence-electron chi connectivity index (χ4n) is 3.55. The van der Waals surface area contributed by atoms with E-state index in [1.807, 2.05) is 18.2 Å². The summed E-state index contributed by atoms with van der Waals surface area (Å²) in [5, 5.41) is 3.90. The number of hydrogen-bond acceptors (Lipinski definition) is 4. The number of rotatable bonds is 5. The number of fused-ring (bicyclic) bond motifs is 1. The predicted octanol–water partition coefficient (Wildman–Crippen LogP) is 8.53. The smallest absolute Gasteiger partial charge is 0.291 e. The van der Waals surface area contributed by atoms with Gasteiger partial charge >= 0.3 is 0 Å². The van der Waals surface area contributed by atoms with Gasteiger partial charge in [-0.05, 0) is 66.6 Å². The number of benzene rings is 3. The van der Waals surface area contributed by atoms with Crippen LogP contribution in [0, 0.1) is 0 Å². The Labute approximate surface area is 210 Å². The number of amides is 1. The maximum absolute atomic E-state index is 12.9. The molecule has 0 bridgehead atoms. The summed E-state index contributed by atoms with van der Waals surface area (Å²) < 4.78 is 11.6. The SMILES string of the molecule is CCc1ccc2oc(-c3ccc(Cl)c(NC(=O)c4ccc(-c5cccc(Cl)c5Cl)o4)c3)nc2c1. The number of aromatic nitrogens is 1. The first-order chi connectivity index (χ1) is 16.4. The van der Waals surface area contributed by atoms with Gasteiger partial charge in [0.05, 0.1) is 20.8 Å². The number of aryl methyl sites for hydroxylation is 1. The fraction of sp³-hybridized carbons (Fsp3) is 0.0769. The lowest BCUT2D eigenvalue weighted by Crippen LogP contribution is -2.11. The van der Waals surface area contributed by atoms with Crippen LogP contribution in [0.25, 0.3) is 33.9 Å². The molecule has 0 aliphatic heterocycles. The lowest BCUT2D eigenvalue weighted by atomic mass is 10.1. The molecule has 0 saturated carbocycles. The predicted molar refractivity (Wildman–Crippen MR) is 136 cm³/mol. The van der Waals surface area contributed by atoms with Gasteiger partial charge < -0.3 is 14.2 Å². The average Bonchev–Trinajstić information content (AvgIpc) is 3.49. The summed E-state index contributed by atoms with van der Waals surface area (Å²) in [5.74, 6) is 0.497. The van der Waals surface area contributed by atoms with E-state index in [-0.39, 0.29) is 5.76 Å². The molecule has 0 atom stereocenters. The minimum absolute atomic E-state index is 0.0986. The number of anilines is 1. The number of nitrogens with zero attached hydrogens (tertiary/aromatic N) is 1. The number of halogens is 3. The molecule has 2 aromatic heterocycles. The molecule has 0 unspecified atom stereocenters. The Morgan fingerprint density at radius 1 is 0.941 bits per heavy atom. The number of hydrogen-bond donors (Lipinski definition) is 1. The zero-order chi connectivity index (χ0) is 23.8. The van der Waals surface area contributed by atoms with Crippen molar-refractivity contribution in [3.05, 3.63) is 93.1 Å². The van der Waals surface area contributed by atoms with Crippen molar-refractivity contribution in [1.29, 1.82) is 0 Å². The van der Waals surface area contributed by atoms with Gasteiger partial charge in [0.25, 0.3) is 5.91 Å². The summed E-state index contributed by atoms with van der Waals surface area (Å²) in [6.07, 6.45) is 0.910. The van der Waals surface area contributed by atoms with E-state index >= 15 is 0 Å². The zero-order valence-corrected chi connectivity index (χ0v) is 20.1. The minimum Gasteiger partial charge on any atom is -0.451 e. The van der Waals surface area contributed by atoms with Gasteiger partial charge in [-0.3, -0.25) is 4.79 Å². The Balaban J connectivity index is 1.41. The summed E-state index contributed by atoms with van der Waals surface area (Å²) in [4.78, 5) is 17.4. The van der Waals surface area contributed by atoms with E-state index in [9.17, 15) is 4.79 Å². The molecule has 0 radical (unpaired) electrons. The van der Waals surface area contributed by atoms with Crippen LogP contribution >= 0.6 is 34.8 Å². The topological polar surface area (TPSA) is 68.3 Å². The van der Waals surface area contributed by atoms with Crippen molar-refractivity contribution >= 4 is 57.5 Å². The molecule has 8 heteroatoms. The van der Waals surface area contributed by atoms with Crippen molar-refractivity contribution in [3.8, 4) is 22.8 Å². The van der Waals surface area contributed by atoms with E-state index in [1.165, 1.54) is 5.56 Å². The van der Waals surface area contributed by atoms with Gasteiger partial charge in [0.15, 0.2) is 11.3 Å². The largest absolute Gasteiger partial charge is 0.451 e. The van der Waals surface area contributed by atoms with Crippen LogP contribution in [-0.2, 0) is 6.42 Å². The van der Waals surface area contributed by atoms with Crippen molar-refractivity contribution in [2.24, 2.45) is 0 Å². The monoisotopic (exact) mass is 510 g/mol. The second kappa shape index (κ2) is 9.18. The Morgan fingerprint density at radius 3 is 2.62 bits per heavy atom. The summed E-state index contributed by atoms with van der Waals surface area (Å²) in [6, 6.07) is 19.5. The van der Waals surface area contributed by atoms with Crippen LogP contribution < -0.4 is 5.32 Å². The van der Waals surface area contributed by atoms with Crippen molar-refractivity contribution in [2.45, 2.75) is 13.3 Å². The Bertz CT molecular complexity index is 1540. The first-order valence-electron chi connectivity index (χ1n) is 10.5. The van der Waals surface area contributed by atoms with Crippen molar-refractivity contribution in [2.75, 3.05) is 5.32 Å². The molecule has 170 valence electrons. The van der Waals surface area contributed by atoms with Crippen LogP contribution in [0.1, 0.15) is 23.0 Å². The standard InChI is InChI=1S/C26H17Cl3N2O3/c1-2-14-6-9-22-20(12-14)31-26(34-22)15-7-8-17(27)19(13-15)30-25(32)23-11-10-21(33-23)16-4-3-5-18(28)24(16)29/h3-13H,2H2,1H3,(H,30,32). The van der Waals surface area contributed by atoms with Gasteiger partial charge in [0.2, 0.25) is 5.89 Å². The Morgan fingerprint density at radius 2 is 1.79 bits per heavy atom. The van der Waals surface area contributed by atoms with E-state index in [4.69, 9.17) is 43.6 Å². The van der Waals surface area contributed by atoms with Gasteiger partial charge in [-0.2, -0.15) is 0 Å². The number of furan rings is 1. The molecule has 3 aromatic carbocycles. The molecular weight excluding hydrogens is 495 g/mol.